The van der Waals surface area contributed by atoms with Crippen molar-refractivity contribution < 1.29 is 4.79 Å². The Labute approximate surface area is 166 Å². The quantitative estimate of drug-likeness (QED) is 0.718. The Balaban J connectivity index is 1.50. The summed E-state index contributed by atoms with van der Waals surface area (Å²) in [5, 5.41) is 6.55. The zero-order chi connectivity index (χ0) is 19.6. The summed E-state index contributed by atoms with van der Waals surface area (Å²) in [7, 11) is 2.03. The number of benzene rings is 2. The summed E-state index contributed by atoms with van der Waals surface area (Å²) in [6.45, 7) is 4.95. The van der Waals surface area contributed by atoms with Gasteiger partial charge in [0.15, 0.2) is 0 Å². The molecule has 1 aliphatic heterocycles. The molecule has 1 unspecified atom stereocenters. The minimum Gasteiger partial charge on any atom is -0.351 e. The number of aromatic nitrogens is 2. The Morgan fingerprint density at radius 2 is 2.07 bits per heavy atom. The lowest BCUT2D eigenvalue weighted by Crippen LogP contribution is -2.45. The molecule has 4 rings (SSSR count). The molecular weight excluding hydrogens is 348 g/mol. The lowest BCUT2D eigenvalue weighted by molar-refractivity contribution is 0.0925. The third-order valence-electron chi connectivity index (χ3n) is 5.80. The van der Waals surface area contributed by atoms with Crippen LogP contribution in [0.5, 0.6) is 0 Å². The second kappa shape index (κ2) is 7.76. The molecule has 1 amide bonds. The van der Waals surface area contributed by atoms with Crippen LogP contribution in [0, 0.1) is 5.41 Å². The summed E-state index contributed by atoms with van der Waals surface area (Å²) >= 11 is 0. The van der Waals surface area contributed by atoms with Crippen molar-refractivity contribution in [1.82, 2.24) is 20.2 Å². The van der Waals surface area contributed by atoms with Crippen LogP contribution in [0.15, 0.2) is 48.5 Å². The van der Waals surface area contributed by atoms with Crippen molar-refractivity contribution in [2.24, 2.45) is 12.5 Å². The zero-order valence-corrected chi connectivity index (χ0v) is 16.7. The molecule has 3 aromatic rings. The number of carbonyl (C=O) groups excluding carboxylic acids is 1. The molecule has 1 atom stereocenters. The van der Waals surface area contributed by atoms with Crippen molar-refractivity contribution >= 4 is 16.9 Å². The predicted molar refractivity (Wildman–Crippen MR) is 113 cm³/mol. The summed E-state index contributed by atoms with van der Waals surface area (Å²) in [5.41, 5.74) is 3.95. The number of amides is 1. The van der Waals surface area contributed by atoms with E-state index in [1.165, 1.54) is 5.56 Å². The fraction of sp³-hybridized carbons (Fsp3) is 0.391. The molecule has 0 bridgehead atoms. The van der Waals surface area contributed by atoms with Gasteiger partial charge in [0.2, 0.25) is 0 Å². The van der Waals surface area contributed by atoms with Crippen molar-refractivity contribution in [2.45, 2.75) is 26.2 Å². The number of nitrogens with zero attached hydrogens (tertiary/aromatic N) is 2. The van der Waals surface area contributed by atoms with E-state index in [1.807, 2.05) is 43.4 Å². The van der Waals surface area contributed by atoms with Crippen LogP contribution in [0.3, 0.4) is 0 Å². The number of rotatable bonds is 5. The molecule has 2 aromatic carbocycles. The third kappa shape index (κ3) is 3.94. The molecule has 1 aromatic heterocycles. The molecule has 2 N–H and O–H groups in total. The fourth-order valence-corrected chi connectivity index (χ4v) is 3.99. The highest BCUT2D eigenvalue weighted by Gasteiger charge is 2.27. The normalized spacial score (nSPS) is 19.6. The highest BCUT2D eigenvalue weighted by atomic mass is 16.1. The SMILES string of the molecule is Cn1c(Cc2ccccc2)nc2cc(C(=O)NCC3(C)CCCNC3)ccc21. The van der Waals surface area contributed by atoms with Gasteiger partial charge in [0, 0.05) is 32.1 Å². The first-order chi connectivity index (χ1) is 13.5. The summed E-state index contributed by atoms with van der Waals surface area (Å²) in [5.74, 6) is 0.975. The number of aryl methyl sites for hydroxylation is 1. The molecule has 28 heavy (non-hydrogen) atoms. The molecule has 1 aliphatic rings. The van der Waals surface area contributed by atoms with Gasteiger partial charge in [0.25, 0.3) is 5.91 Å². The average molecular weight is 377 g/mol. The summed E-state index contributed by atoms with van der Waals surface area (Å²) in [6, 6.07) is 16.1. The van der Waals surface area contributed by atoms with E-state index < -0.39 is 0 Å². The minimum atomic E-state index is -0.0241. The maximum absolute atomic E-state index is 12.7. The number of imidazole rings is 1. The van der Waals surface area contributed by atoms with Crippen LogP contribution in [0.1, 0.15) is 41.5 Å². The Hall–Kier alpha value is -2.66. The first kappa shape index (κ1) is 18.7. The Bertz CT molecular complexity index is 971. The van der Waals surface area contributed by atoms with E-state index in [0.717, 1.165) is 49.2 Å². The number of piperidine rings is 1. The summed E-state index contributed by atoms with van der Waals surface area (Å²) < 4.78 is 2.11. The summed E-state index contributed by atoms with van der Waals surface area (Å²) in [4.78, 5) is 17.5. The van der Waals surface area contributed by atoms with Crippen molar-refractivity contribution in [3.8, 4) is 0 Å². The van der Waals surface area contributed by atoms with Gasteiger partial charge in [-0.05, 0) is 48.6 Å². The van der Waals surface area contributed by atoms with Crippen molar-refractivity contribution in [1.29, 1.82) is 0 Å². The molecule has 2 heterocycles. The predicted octanol–water partition coefficient (Wildman–Crippen LogP) is 3.28. The number of nitrogens with one attached hydrogen (secondary N) is 2. The first-order valence-electron chi connectivity index (χ1n) is 10.0. The van der Waals surface area contributed by atoms with Crippen molar-refractivity contribution in [2.75, 3.05) is 19.6 Å². The smallest absolute Gasteiger partial charge is 0.251 e. The van der Waals surface area contributed by atoms with Gasteiger partial charge in [-0.15, -0.1) is 0 Å². The highest BCUT2D eigenvalue weighted by Crippen LogP contribution is 2.24. The monoisotopic (exact) mass is 376 g/mol. The minimum absolute atomic E-state index is 0.0241. The second-order valence-electron chi connectivity index (χ2n) is 8.23. The molecule has 0 saturated carbocycles. The molecule has 1 fully saturated rings. The van der Waals surface area contributed by atoms with Crippen molar-refractivity contribution in [3.63, 3.8) is 0 Å². The molecule has 1 saturated heterocycles. The largest absolute Gasteiger partial charge is 0.351 e. The zero-order valence-electron chi connectivity index (χ0n) is 16.7. The lowest BCUT2D eigenvalue weighted by atomic mass is 9.83. The van der Waals surface area contributed by atoms with Gasteiger partial charge in [0.05, 0.1) is 11.0 Å². The Morgan fingerprint density at radius 1 is 1.25 bits per heavy atom. The molecular formula is C23H28N4O. The van der Waals surface area contributed by atoms with E-state index in [1.54, 1.807) is 0 Å². The topological polar surface area (TPSA) is 59.0 Å². The van der Waals surface area contributed by atoms with Crippen LogP contribution in [-0.2, 0) is 13.5 Å². The number of carbonyl (C=O) groups is 1. The summed E-state index contributed by atoms with van der Waals surface area (Å²) in [6.07, 6.45) is 3.08. The Morgan fingerprint density at radius 3 is 2.82 bits per heavy atom. The Kier molecular flexibility index (Phi) is 5.18. The van der Waals surface area contributed by atoms with Gasteiger partial charge < -0.3 is 15.2 Å². The van der Waals surface area contributed by atoms with Crippen LogP contribution in [0.2, 0.25) is 0 Å². The molecule has 0 radical (unpaired) electrons. The van der Waals surface area contributed by atoms with Crippen LogP contribution < -0.4 is 10.6 Å². The highest BCUT2D eigenvalue weighted by molar-refractivity contribution is 5.97. The first-order valence-corrected chi connectivity index (χ1v) is 10.0. The van der Waals surface area contributed by atoms with E-state index in [0.29, 0.717) is 12.1 Å². The maximum atomic E-state index is 12.7. The molecule has 146 valence electrons. The van der Waals surface area contributed by atoms with E-state index in [2.05, 4.69) is 34.3 Å². The van der Waals surface area contributed by atoms with Gasteiger partial charge in [-0.2, -0.15) is 0 Å². The fourth-order valence-electron chi connectivity index (χ4n) is 3.99. The maximum Gasteiger partial charge on any atom is 0.251 e. The number of fused-ring (bicyclic) bond motifs is 1. The van der Waals surface area contributed by atoms with Gasteiger partial charge in [-0.3, -0.25) is 4.79 Å². The number of hydrogen-bond donors (Lipinski definition) is 2. The molecule has 0 spiro atoms. The molecule has 5 heteroatoms. The standard InChI is InChI=1S/C23H28N4O/c1-23(11-6-12-24-15-23)16-25-22(28)18-9-10-20-19(14-18)26-21(27(20)2)13-17-7-4-3-5-8-17/h3-5,7-10,14,24H,6,11-13,15-16H2,1-2H3,(H,25,28). The van der Waals surface area contributed by atoms with E-state index in [-0.39, 0.29) is 11.3 Å². The molecule has 0 aliphatic carbocycles. The van der Waals surface area contributed by atoms with E-state index in [9.17, 15) is 4.79 Å². The average Bonchev–Trinajstić information content (AvgIpc) is 3.02. The van der Waals surface area contributed by atoms with Gasteiger partial charge in [-0.25, -0.2) is 4.98 Å². The van der Waals surface area contributed by atoms with Crippen LogP contribution >= 0.6 is 0 Å². The van der Waals surface area contributed by atoms with Gasteiger partial charge >= 0.3 is 0 Å². The van der Waals surface area contributed by atoms with Crippen LogP contribution in [0.4, 0.5) is 0 Å². The van der Waals surface area contributed by atoms with E-state index in [4.69, 9.17) is 4.98 Å². The van der Waals surface area contributed by atoms with Crippen LogP contribution in [-0.4, -0.2) is 35.1 Å². The van der Waals surface area contributed by atoms with Crippen LogP contribution in [0.25, 0.3) is 11.0 Å². The lowest BCUT2D eigenvalue weighted by Gasteiger charge is -2.34. The van der Waals surface area contributed by atoms with E-state index >= 15 is 0 Å². The number of hydrogen-bond acceptors (Lipinski definition) is 3. The van der Waals surface area contributed by atoms with Gasteiger partial charge in [0.1, 0.15) is 5.82 Å². The van der Waals surface area contributed by atoms with Gasteiger partial charge in [-0.1, -0.05) is 37.3 Å². The molecule has 5 nitrogen and oxygen atoms in total. The second-order valence-corrected chi connectivity index (χ2v) is 8.23. The van der Waals surface area contributed by atoms with Crippen molar-refractivity contribution in [3.05, 3.63) is 65.5 Å². The third-order valence-corrected chi connectivity index (χ3v) is 5.80.